The molecule has 9 aliphatic rings. The van der Waals surface area contributed by atoms with Gasteiger partial charge in [0.05, 0.1) is 64.8 Å². The molecule has 110 heavy (non-hydrogen) atoms. The highest BCUT2D eigenvalue weighted by Gasteiger charge is 2.60. The highest BCUT2D eigenvalue weighted by Crippen LogP contribution is 2.39. The molecule has 0 aromatic carbocycles. The Balaban J connectivity index is 0.932. The van der Waals surface area contributed by atoms with Gasteiger partial charge < -0.3 is 201 Å². The number of carboxylic acid groups (broad SMARTS) is 1. The lowest BCUT2D eigenvalue weighted by molar-refractivity contribution is -0.397. The molecule has 48 heteroatoms. The largest absolute Gasteiger partial charge is 0.480 e. The molecule has 9 aliphatic heterocycles. The van der Waals surface area contributed by atoms with Gasteiger partial charge in [0.25, 0.3) is 0 Å². The SMILES string of the molecule is CC(=O)NC1[C@H](OC2C(O)[C@H](O)C(CO)O[C@@H]2O[C@@H]2C(O)[C@H](O[C@@H]3C(CO)O[C@@H](O[C@@H]4C(CO)O[C@@H](NC(=O)CC(NC(=O)CCCCC5SCC6NC(=O)NC65)C(=O)O)C(NC(C)=O)[C@H]4O)C(NC(C)=O)[C@H]3O)OC(CO[C@H]3OC(CO)[C@@H](O)[C@H](O)C3O)[C@H]2O)OC(CO)[C@@H](O[C@@H]2OC(CO)[C@H](O)[C@H](O)C2O)[C@@H]1O. The van der Waals surface area contributed by atoms with E-state index in [1.54, 1.807) is 11.8 Å². The Morgan fingerprint density at radius 1 is 0.436 bits per heavy atom. The summed E-state index contributed by atoms with van der Waals surface area (Å²) in [6.45, 7) is -4.56. The smallest absolute Gasteiger partial charge is 0.326 e. The van der Waals surface area contributed by atoms with Gasteiger partial charge in [-0.05, 0) is 12.8 Å². The fourth-order valence-electron chi connectivity index (χ4n) is 14.4. The number of fused-ring (bicyclic) bond motifs is 1. The van der Waals surface area contributed by atoms with Crippen molar-refractivity contribution >= 4 is 53.3 Å². The van der Waals surface area contributed by atoms with Crippen LogP contribution in [0.4, 0.5) is 4.79 Å². The topological polar surface area (TPSA) is 728 Å². The summed E-state index contributed by atoms with van der Waals surface area (Å²) in [6.07, 6.45) is -65.0. The number of hydrogen-bond donors (Lipinski definition) is 27. The van der Waals surface area contributed by atoms with Crippen molar-refractivity contribution in [1.29, 1.82) is 0 Å². The van der Waals surface area contributed by atoms with Crippen molar-refractivity contribution in [2.45, 2.75) is 291 Å². The number of carboxylic acids is 1. The van der Waals surface area contributed by atoms with Crippen molar-refractivity contribution in [3.63, 3.8) is 0 Å². The van der Waals surface area contributed by atoms with E-state index < -0.39 is 309 Å². The average Bonchev–Trinajstić information content (AvgIpc) is 0.931. The Morgan fingerprint density at radius 3 is 1.38 bits per heavy atom. The molecule has 39 atom stereocenters. The van der Waals surface area contributed by atoms with E-state index in [-0.39, 0.29) is 29.8 Å². The molecule has 9 saturated heterocycles. The zero-order valence-electron chi connectivity index (χ0n) is 59.2. The van der Waals surface area contributed by atoms with Crippen molar-refractivity contribution in [3.8, 4) is 0 Å². The summed E-state index contributed by atoms with van der Waals surface area (Å²) in [4.78, 5) is 89.5. The molecular formula is C62H101N7O40S. The minimum absolute atomic E-state index is 0.0202. The number of aliphatic carboxylic acids is 1. The second kappa shape index (κ2) is 39.7. The Bertz CT molecular complexity index is 3040. The number of thioether (sulfide) groups is 1. The Kier molecular flexibility index (Phi) is 32.1. The Hall–Kier alpha value is -4.84. The van der Waals surface area contributed by atoms with E-state index in [9.17, 15) is 136 Å². The maximum Gasteiger partial charge on any atom is 0.326 e. The lowest BCUT2D eigenvalue weighted by Gasteiger charge is -2.51. The van der Waals surface area contributed by atoms with Crippen molar-refractivity contribution in [2.24, 2.45) is 0 Å². The summed E-state index contributed by atoms with van der Waals surface area (Å²) < 4.78 is 76.8. The summed E-state index contributed by atoms with van der Waals surface area (Å²) in [5, 5.41) is 238. The summed E-state index contributed by atoms with van der Waals surface area (Å²) in [7, 11) is 0. The summed E-state index contributed by atoms with van der Waals surface area (Å²) in [5.41, 5.74) is 0. The molecular weight excluding hydrogens is 1510 g/mol. The van der Waals surface area contributed by atoms with Crippen LogP contribution >= 0.6 is 11.8 Å². The second-order valence-electron chi connectivity index (χ2n) is 27.9. The molecule has 9 rings (SSSR count). The van der Waals surface area contributed by atoms with Crippen LogP contribution in [0.15, 0.2) is 0 Å². The molecule has 27 N–H and O–H groups in total. The molecule has 7 amide bonds. The third-order valence-corrected chi connectivity index (χ3v) is 21.7. The van der Waals surface area contributed by atoms with E-state index >= 15 is 0 Å². The van der Waals surface area contributed by atoms with Gasteiger partial charge in [0, 0.05) is 38.2 Å². The fraction of sp³-hybridized carbons (Fsp3) is 0.887. The fourth-order valence-corrected chi connectivity index (χ4v) is 15.9. The predicted octanol–water partition coefficient (Wildman–Crippen LogP) is -16.0. The van der Waals surface area contributed by atoms with Gasteiger partial charge in [-0.1, -0.05) is 6.42 Å². The zero-order valence-corrected chi connectivity index (χ0v) is 60.0. The third kappa shape index (κ3) is 20.7. The molecule has 0 spiro atoms. The number of ether oxygens (including phenoxy) is 13. The lowest BCUT2D eigenvalue weighted by atomic mass is 9.93. The van der Waals surface area contributed by atoms with Crippen LogP contribution in [0.5, 0.6) is 0 Å². The quantitative estimate of drug-likeness (QED) is 0.0220. The number of unbranched alkanes of at least 4 members (excludes halogenated alkanes) is 1. The van der Waals surface area contributed by atoms with Crippen LogP contribution in [0, 0.1) is 0 Å². The molecule has 19 unspecified atom stereocenters. The van der Waals surface area contributed by atoms with Crippen molar-refractivity contribution in [1.82, 2.24) is 37.2 Å². The highest BCUT2D eigenvalue weighted by molar-refractivity contribution is 8.00. The van der Waals surface area contributed by atoms with E-state index in [1.807, 2.05) is 0 Å². The third-order valence-electron chi connectivity index (χ3n) is 20.2. The molecule has 630 valence electrons. The van der Waals surface area contributed by atoms with E-state index in [0.717, 1.165) is 20.8 Å². The molecule has 0 aromatic rings. The molecule has 47 nitrogen and oxygen atoms in total. The van der Waals surface area contributed by atoms with E-state index in [0.29, 0.717) is 25.0 Å². The number of hydrogen-bond acceptors (Lipinski definition) is 40. The van der Waals surface area contributed by atoms with Gasteiger partial charge in [-0.15, -0.1) is 0 Å². The first-order valence-corrected chi connectivity index (χ1v) is 36.5. The minimum Gasteiger partial charge on any atom is -0.480 e. The van der Waals surface area contributed by atoms with E-state index in [1.165, 1.54) is 0 Å². The summed E-state index contributed by atoms with van der Waals surface area (Å²) in [5.74, 6) is -5.48. The Morgan fingerprint density at radius 2 is 0.864 bits per heavy atom. The van der Waals surface area contributed by atoms with Crippen LogP contribution in [0.25, 0.3) is 0 Å². The zero-order chi connectivity index (χ0) is 80.6. The van der Waals surface area contributed by atoms with Crippen LogP contribution in [0.3, 0.4) is 0 Å². The number of amides is 7. The maximum atomic E-state index is 13.6. The van der Waals surface area contributed by atoms with Gasteiger partial charge in [-0.3, -0.25) is 24.0 Å². The summed E-state index contributed by atoms with van der Waals surface area (Å²) >= 11 is 1.67. The molecule has 9 heterocycles. The van der Waals surface area contributed by atoms with E-state index in [2.05, 4.69) is 37.2 Å². The molecule has 0 aliphatic carbocycles. The standard InChI is InChI=1S/C62H101N7O40S/c1-17(76)63-33-40(85)49(25(12-73)98-54(33)68-31(80)8-20(55(94)95)66-30(79)7-5-4-6-29-32-21(16-110-29)67-62(96)69-32)105-56-34(64-18(2)77)41(86)51(27(14-75)102-56)107-60-48(93)52(39(84)28(104-60)15-97-58-46(91)43(88)36(81)22(9-70)99-58)108-61-53(45(90)38(83)24(11-72)101-61)109-57-35(65-19(3)78)42(87)50(26(13-74)103-57)106-59-47(92)44(89)37(82)23(10-71)100-59/h20-29,32-54,56-61,70-75,81-93H,4-16H2,1-3H3,(H,63,76)(H,64,77)(H,65,78)(H,66,79)(H,68,80)(H,94,95)(H2,67,69,96)/t20?,21?,22?,23?,24?,25?,26?,27?,28?,29?,32?,33?,34?,35?,36-,37+,38-,39-,40-,41-,42-,43+,44+,45?,46?,47?,48?,49-,50-,51-,52+,53?,54-,56+,57+,58+,59+,60+,61-/m1/s1. The Labute approximate surface area is 628 Å². The van der Waals surface area contributed by atoms with Crippen LogP contribution in [-0.4, -0.2) is 434 Å². The van der Waals surface area contributed by atoms with Crippen LogP contribution in [0.2, 0.25) is 0 Å². The highest BCUT2D eigenvalue weighted by atomic mass is 32.2. The normalized spacial score (nSPS) is 44.4. The first-order valence-electron chi connectivity index (χ1n) is 35.5. The summed E-state index contributed by atoms with van der Waals surface area (Å²) in [6, 6.07) is -7.78. The minimum atomic E-state index is -2.49. The monoisotopic (exact) mass is 1620 g/mol. The van der Waals surface area contributed by atoms with Gasteiger partial charge in [-0.2, -0.15) is 11.8 Å². The van der Waals surface area contributed by atoms with Crippen molar-refractivity contribution in [3.05, 3.63) is 0 Å². The number of carbonyl (C=O) groups is 7. The average molecular weight is 1620 g/mol. The maximum absolute atomic E-state index is 13.6. The molecule has 0 saturated carbocycles. The second-order valence-corrected chi connectivity index (χ2v) is 29.2. The number of rotatable bonds is 32. The van der Waals surface area contributed by atoms with Crippen LogP contribution in [0.1, 0.15) is 52.9 Å². The number of aliphatic hydroxyl groups is 19. The van der Waals surface area contributed by atoms with Gasteiger partial charge in [0.2, 0.25) is 29.5 Å². The first kappa shape index (κ1) is 89.1. The van der Waals surface area contributed by atoms with Crippen LogP contribution < -0.4 is 37.2 Å². The molecule has 9 fully saturated rings. The van der Waals surface area contributed by atoms with Gasteiger partial charge >= 0.3 is 12.0 Å². The predicted molar refractivity (Wildman–Crippen MR) is 351 cm³/mol. The van der Waals surface area contributed by atoms with Gasteiger partial charge in [0.15, 0.2) is 44.0 Å². The molecule has 0 bridgehead atoms. The van der Waals surface area contributed by atoms with E-state index in [4.69, 9.17) is 61.6 Å². The number of urea groups is 1. The lowest BCUT2D eigenvalue weighted by Crippen LogP contribution is -2.71. The first-order chi connectivity index (χ1) is 52.2. The van der Waals surface area contributed by atoms with Gasteiger partial charge in [0.1, 0.15) is 177 Å². The van der Waals surface area contributed by atoms with Crippen molar-refractivity contribution < 1.29 is 197 Å². The number of carbonyl (C=O) groups excluding carboxylic acids is 6. The van der Waals surface area contributed by atoms with Crippen LogP contribution in [-0.2, 0) is 90.3 Å². The van der Waals surface area contributed by atoms with Crippen molar-refractivity contribution in [2.75, 3.05) is 52.0 Å². The number of aliphatic hydroxyl groups excluding tert-OH is 19. The number of nitrogens with one attached hydrogen (secondary N) is 7. The molecule has 0 radical (unpaired) electrons. The van der Waals surface area contributed by atoms with Gasteiger partial charge in [-0.25, -0.2) is 9.59 Å². The molecule has 0 aromatic heterocycles.